The molecule has 0 aliphatic rings. The molecule has 4 aromatic rings. The third-order valence-corrected chi connectivity index (χ3v) is 5.33. The fraction of sp³-hybridized carbons (Fsp3) is 0.143. The van der Waals surface area contributed by atoms with Crippen LogP contribution in [0.2, 0.25) is 0 Å². The number of thioether (sulfide) groups is 1. The molecule has 0 aliphatic heterocycles. The minimum atomic E-state index is -0.385. The average molecular weight is 422 g/mol. The molecular formula is C21H19FN6OS. The first kappa shape index (κ1) is 19.8. The number of aromatic nitrogens is 5. The quantitative estimate of drug-likeness (QED) is 0.456. The zero-order valence-corrected chi connectivity index (χ0v) is 17.2. The van der Waals surface area contributed by atoms with E-state index in [1.807, 2.05) is 44.2 Å². The van der Waals surface area contributed by atoms with Crippen LogP contribution in [-0.2, 0) is 4.79 Å². The van der Waals surface area contributed by atoms with Crippen molar-refractivity contribution >= 4 is 23.4 Å². The zero-order valence-electron chi connectivity index (χ0n) is 16.4. The van der Waals surface area contributed by atoms with Gasteiger partial charge in [-0.15, -0.1) is 5.10 Å². The van der Waals surface area contributed by atoms with Crippen molar-refractivity contribution < 1.29 is 9.18 Å². The molecule has 2 aromatic heterocycles. The summed E-state index contributed by atoms with van der Waals surface area (Å²) in [5, 5.41) is 14.6. The molecule has 1 amide bonds. The highest BCUT2D eigenvalue weighted by Gasteiger charge is 2.16. The molecule has 0 unspecified atom stereocenters. The van der Waals surface area contributed by atoms with Crippen molar-refractivity contribution in [3.8, 4) is 17.1 Å². The molecule has 0 fully saturated rings. The Hall–Kier alpha value is -3.46. The molecule has 152 valence electrons. The van der Waals surface area contributed by atoms with Gasteiger partial charge in [0.15, 0.2) is 5.82 Å². The van der Waals surface area contributed by atoms with Crippen molar-refractivity contribution in [1.29, 1.82) is 0 Å². The number of halogens is 1. The molecule has 0 spiro atoms. The van der Waals surface area contributed by atoms with Gasteiger partial charge in [0.2, 0.25) is 11.1 Å². The molecule has 2 heterocycles. The smallest absolute Gasteiger partial charge is 0.234 e. The second-order valence-electron chi connectivity index (χ2n) is 6.58. The maximum Gasteiger partial charge on any atom is 0.234 e. The number of rotatable bonds is 6. The minimum Gasteiger partial charge on any atom is -0.322 e. The molecule has 4 rings (SSSR count). The Morgan fingerprint density at radius 1 is 1.13 bits per heavy atom. The lowest BCUT2D eigenvalue weighted by Crippen LogP contribution is -2.15. The summed E-state index contributed by atoms with van der Waals surface area (Å²) >= 11 is 1.17. The standard InChI is InChI=1S/C21H19FN6OS/c1-13-19(14(2)28(27-13)15-8-4-3-5-9-15)23-18(29)12-30-21-24-20(25-26-21)16-10-6-7-11-17(16)22/h3-11H,12H2,1-2H3,(H,23,29)(H,24,25,26). The zero-order chi connectivity index (χ0) is 21.1. The van der Waals surface area contributed by atoms with Crippen molar-refractivity contribution in [1.82, 2.24) is 25.0 Å². The van der Waals surface area contributed by atoms with Gasteiger partial charge in [0.25, 0.3) is 0 Å². The van der Waals surface area contributed by atoms with E-state index in [1.54, 1.807) is 22.9 Å². The number of nitrogens with zero attached hydrogens (tertiary/aromatic N) is 4. The van der Waals surface area contributed by atoms with Crippen LogP contribution in [0.3, 0.4) is 0 Å². The van der Waals surface area contributed by atoms with E-state index in [9.17, 15) is 9.18 Å². The van der Waals surface area contributed by atoms with Crippen molar-refractivity contribution in [3.05, 3.63) is 71.8 Å². The average Bonchev–Trinajstić information content (AvgIpc) is 3.33. The summed E-state index contributed by atoms with van der Waals surface area (Å²) in [5.41, 5.74) is 3.52. The number of amides is 1. The predicted molar refractivity (Wildman–Crippen MR) is 114 cm³/mol. The Bertz CT molecular complexity index is 1190. The molecule has 0 radical (unpaired) electrons. The first-order valence-electron chi connectivity index (χ1n) is 9.24. The number of anilines is 1. The minimum absolute atomic E-state index is 0.115. The molecule has 2 N–H and O–H groups in total. The normalized spacial score (nSPS) is 10.9. The molecule has 0 saturated heterocycles. The van der Waals surface area contributed by atoms with Crippen molar-refractivity contribution in [2.75, 3.05) is 11.1 Å². The van der Waals surface area contributed by atoms with Gasteiger partial charge in [-0.3, -0.25) is 9.89 Å². The Morgan fingerprint density at radius 3 is 2.63 bits per heavy atom. The summed E-state index contributed by atoms with van der Waals surface area (Å²) in [6.07, 6.45) is 0. The van der Waals surface area contributed by atoms with Gasteiger partial charge in [-0.2, -0.15) is 5.10 Å². The summed E-state index contributed by atoms with van der Waals surface area (Å²) in [4.78, 5) is 16.7. The van der Waals surface area contributed by atoms with Crippen LogP contribution in [0.5, 0.6) is 0 Å². The SMILES string of the molecule is Cc1nn(-c2ccccc2)c(C)c1NC(=O)CSc1n[nH]c(-c2ccccc2F)n1. The highest BCUT2D eigenvalue weighted by molar-refractivity contribution is 7.99. The van der Waals surface area contributed by atoms with Crippen molar-refractivity contribution in [2.24, 2.45) is 0 Å². The van der Waals surface area contributed by atoms with Gasteiger partial charge in [-0.25, -0.2) is 14.1 Å². The van der Waals surface area contributed by atoms with E-state index in [2.05, 4.69) is 25.6 Å². The number of carbonyl (C=O) groups excluding carboxylic acids is 1. The van der Waals surface area contributed by atoms with Gasteiger partial charge in [-0.1, -0.05) is 42.1 Å². The highest BCUT2D eigenvalue weighted by Crippen LogP contribution is 2.24. The molecule has 0 bridgehead atoms. The number of benzene rings is 2. The maximum absolute atomic E-state index is 13.9. The van der Waals surface area contributed by atoms with E-state index in [0.717, 1.165) is 17.1 Å². The largest absolute Gasteiger partial charge is 0.322 e. The van der Waals surface area contributed by atoms with Crippen molar-refractivity contribution in [3.63, 3.8) is 0 Å². The number of hydrogen-bond donors (Lipinski definition) is 2. The Balaban J connectivity index is 1.42. The molecule has 2 aromatic carbocycles. The third kappa shape index (κ3) is 4.11. The number of para-hydroxylation sites is 1. The summed E-state index contributed by atoms with van der Waals surface area (Å²) in [7, 11) is 0. The second-order valence-corrected chi connectivity index (χ2v) is 7.52. The lowest BCUT2D eigenvalue weighted by Gasteiger charge is -2.06. The number of hydrogen-bond acceptors (Lipinski definition) is 5. The highest BCUT2D eigenvalue weighted by atomic mass is 32.2. The van der Waals surface area contributed by atoms with Gasteiger partial charge < -0.3 is 5.32 Å². The van der Waals surface area contributed by atoms with Crippen LogP contribution < -0.4 is 5.32 Å². The Morgan fingerprint density at radius 2 is 1.87 bits per heavy atom. The topological polar surface area (TPSA) is 88.5 Å². The number of nitrogens with one attached hydrogen (secondary N) is 2. The lowest BCUT2D eigenvalue weighted by atomic mass is 10.2. The van der Waals surface area contributed by atoms with Gasteiger partial charge in [0, 0.05) is 0 Å². The van der Waals surface area contributed by atoms with Gasteiger partial charge in [0.05, 0.1) is 34.1 Å². The van der Waals surface area contributed by atoms with Crippen LogP contribution in [0.4, 0.5) is 10.1 Å². The molecule has 0 aliphatic carbocycles. The number of H-pyrrole nitrogens is 1. The van der Waals surface area contributed by atoms with E-state index in [4.69, 9.17) is 0 Å². The van der Waals surface area contributed by atoms with Crippen LogP contribution in [0, 0.1) is 19.7 Å². The third-order valence-electron chi connectivity index (χ3n) is 4.48. The monoisotopic (exact) mass is 422 g/mol. The first-order valence-corrected chi connectivity index (χ1v) is 10.2. The second kappa shape index (κ2) is 8.50. The Labute approximate surface area is 176 Å². The lowest BCUT2D eigenvalue weighted by molar-refractivity contribution is -0.113. The Kier molecular flexibility index (Phi) is 5.62. The van der Waals surface area contributed by atoms with E-state index in [-0.39, 0.29) is 17.5 Å². The summed E-state index contributed by atoms with van der Waals surface area (Å²) in [6.45, 7) is 3.76. The fourth-order valence-corrected chi connectivity index (χ4v) is 3.63. The summed E-state index contributed by atoms with van der Waals surface area (Å²) in [6, 6.07) is 16.0. The fourth-order valence-electron chi connectivity index (χ4n) is 3.03. The number of carbonyl (C=O) groups is 1. The van der Waals surface area contributed by atoms with Crippen LogP contribution in [0.1, 0.15) is 11.4 Å². The molecule has 30 heavy (non-hydrogen) atoms. The molecule has 9 heteroatoms. The molecule has 0 saturated carbocycles. The number of aryl methyl sites for hydroxylation is 1. The van der Waals surface area contributed by atoms with E-state index in [1.165, 1.54) is 17.8 Å². The van der Waals surface area contributed by atoms with Crippen LogP contribution in [0.15, 0.2) is 59.8 Å². The maximum atomic E-state index is 13.9. The van der Waals surface area contributed by atoms with E-state index in [0.29, 0.717) is 22.2 Å². The van der Waals surface area contributed by atoms with E-state index >= 15 is 0 Å². The first-order chi connectivity index (χ1) is 14.5. The summed E-state index contributed by atoms with van der Waals surface area (Å²) in [5.74, 6) is -0.142. The van der Waals surface area contributed by atoms with Crippen molar-refractivity contribution in [2.45, 2.75) is 19.0 Å². The van der Waals surface area contributed by atoms with Gasteiger partial charge >= 0.3 is 0 Å². The van der Waals surface area contributed by atoms with Gasteiger partial charge in [-0.05, 0) is 38.1 Å². The number of aromatic amines is 1. The van der Waals surface area contributed by atoms with Crippen LogP contribution >= 0.6 is 11.8 Å². The predicted octanol–water partition coefficient (Wildman–Crippen LogP) is 4.14. The van der Waals surface area contributed by atoms with Crippen LogP contribution in [0.25, 0.3) is 17.1 Å². The van der Waals surface area contributed by atoms with Gasteiger partial charge in [0.1, 0.15) is 5.82 Å². The van der Waals surface area contributed by atoms with Crippen LogP contribution in [-0.4, -0.2) is 36.6 Å². The summed E-state index contributed by atoms with van der Waals surface area (Å²) < 4.78 is 15.7. The van der Waals surface area contributed by atoms with E-state index < -0.39 is 0 Å². The molecule has 0 atom stereocenters. The molecule has 7 nitrogen and oxygen atoms in total. The molecular weight excluding hydrogens is 403 g/mol.